The van der Waals surface area contributed by atoms with Crippen molar-refractivity contribution in [3.8, 4) is 0 Å². The molecule has 1 rings (SSSR count). The number of sulfonamides is 1. The van der Waals surface area contributed by atoms with Crippen molar-refractivity contribution in [3.63, 3.8) is 0 Å². The number of allylic oxidation sites excluding steroid dienone is 3. The van der Waals surface area contributed by atoms with Crippen LogP contribution in [-0.4, -0.2) is 27.4 Å². The fraction of sp³-hybridized carbons (Fsp3) is 0.267. The number of aryl methyl sites for hydroxylation is 1. The Balaban J connectivity index is 2.41. The topological polar surface area (TPSA) is 75.3 Å². The van der Waals surface area contributed by atoms with E-state index in [1.54, 1.807) is 42.5 Å². The highest BCUT2D eigenvalue weighted by Crippen LogP contribution is 2.09. The normalized spacial score (nSPS) is 12.1. The lowest BCUT2D eigenvalue weighted by molar-refractivity contribution is -0.116. The quantitative estimate of drug-likeness (QED) is 0.455. The van der Waals surface area contributed by atoms with E-state index in [1.165, 1.54) is 6.08 Å². The van der Waals surface area contributed by atoms with E-state index in [2.05, 4.69) is 10.0 Å². The molecular formula is C15H20N2O3S. The maximum absolute atomic E-state index is 12.0. The highest BCUT2D eigenvalue weighted by atomic mass is 32.2. The minimum atomic E-state index is -3.53. The van der Waals surface area contributed by atoms with Gasteiger partial charge in [0.2, 0.25) is 15.9 Å². The third-order valence-corrected chi connectivity index (χ3v) is 4.08. The molecular weight excluding hydrogens is 288 g/mol. The average Bonchev–Trinajstić information content (AvgIpc) is 2.44. The van der Waals surface area contributed by atoms with E-state index in [0.29, 0.717) is 0 Å². The number of rotatable bonds is 7. The van der Waals surface area contributed by atoms with Gasteiger partial charge in [0.1, 0.15) is 0 Å². The predicted molar refractivity (Wildman–Crippen MR) is 83.3 cm³/mol. The number of hydrogen-bond acceptors (Lipinski definition) is 3. The molecule has 0 saturated carbocycles. The van der Waals surface area contributed by atoms with Crippen LogP contribution in [0.4, 0.5) is 0 Å². The smallest absolute Gasteiger partial charge is 0.244 e. The van der Waals surface area contributed by atoms with Crippen LogP contribution < -0.4 is 10.0 Å². The number of carbonyl (C=O) groups is 1. The SMILES string of the molecule is CC=CC=CC(=O)NCCNS(=O)(=O)c1ccc(C)cc1. The molecule has 0 saturated heterocycles. The third kappa shape index (κ3) is 6.37. The van der Waals surface area contributed by atoms with Crippen molar-refractivity contribution < 1.29 is 13.2 Å². The Hall–Kier alpha value is -1.92. The van der Waals surface area contributed by atoms with Crippen molar-refractivity contribution in [2.24, 2.45) is 0 Å². The largest absolute Gasteiger partial charge is 0.351 e. The number of amides is 1. The van der Waals surface area contributed by atoms with Gasteiger partial charge in [-0.15, -0.1) is 0 Å². The predicted octanol–water partition coefficient (Wildman–Crippen LogP) is 1.52. The summed E-state index contributed by atoms with van der Waals surface area (Å²) in [5.41, 5.74) is 0.995. The Morgan fingerprint density at radius 3 is 2.43 bits per heavy atom. The Morgan fingerprint density at radius 2 is 1.81 bits per heavy atom. The first-order valence-corrected chi connectivity index (χ1v) is 8.07. The molecule has 1 aromatic rings. The van der Waals surface area contributed by atoms with E-state index in [4.69, 9.17) is 0 Å². The fourth-order valence-corrected chi connectivity index (χ4v) is 2.52. The van der Waals surface area contributed by atoms with Gasteiger partial charge in [-0.05, 0) is 26.0 Å². The minimum Gasteiger partial charge on any atom is -0.351 e. The molecule has 0 aliphatic heterocycles. The molecule has 0 unspecified atom stereocenters. The second-order valence-corrected chi connectivity index (χ2v) is 6.15. The molecule has 1 amide bonds. The summed E-state index contributed by atoms with van der Waals surface area (Å²) in [6.45, 7) is 4.10. The zero-order valence-corrected chi connectivity index (χ0v) is 13.0. The maximum Gasteiger partial charge on any atom is 0.244 e. The van der Waals surface area contributed by atoms with Crippen LogP contribution in [0.3, 0.4) is 0 Å². The van der Waals surface area contributed by atoms with Crippen LogP contribution in [0.5, 0.6) is 0 Å². The molecule has 21 heavy (non-hydrogen) atoms. The van der Waals surface area contributed by atoms with Crippen molar-refractivity contribution in [1.29, 1.82) is 0 Å². The van der Waals surface area contributed by atoms with Gasteiger partial charge in [0.25, 0.3) is 0 Å². The summed E-state index contributed by atoms with van der Waals surface area (Å²) in [5.74, 6) is -0.261. The Bertz CT molecular complexity index is 617. The van der Waals surface area contributed by atoms with Gasteiger partial charge in [0.15, 0.2) is 0 Å². The van der Waals surface area contributed by atoms with Crippen LogP contribution in [0.15, 0.2) is 53.5 Å². The maximum atomic E-state index is 12.0. The molecule has 114 valence electrons. The van der Waals surface area contributed by atoms with Crippen molar-refractivity contribution in [1.82, 2.24) is 10.0 Å². The van der Waals surface area contributed by atoms with Gasteiger partial charge in [-0.2, -0.15) is 0 Å². The highest BCUT2D eigenvalue weighted by Gasteiger charge is 2.12. The summed E-state index contributed by atoms with van der Waals surface area (Å²) < 4.78 is 26.3. The number of hydrogen-bond donors (Lipinski definition) is 2. The van der Waals surface area contributed by atoms with Crippen molar-refractivity contribution >= 4 is 15.9 Å². The van der Waals surface area contributed by atoms with Crippen LogP contribution in [0.1, 0.15) is 12.5 Å². The van der Waals surface area contributed by atoms with E-state index in [9.17, 15) is 13.2 Å². The number of nitrogens with one attached hydrogen (secondary N) is 2. The Kier molecular flexibility index (Phi) is 6.84. The second kappa shape index (κ2) is 8.39. The molecule has 2 N–H and O–H groups in total. The first-order chi connectivity index (χ1) is 9.95. The molecule has 1 aromatic carbocycles. The molecule has 0 aliphatic carbocycles. The molecule has 0 aliphatic rings. The van der Waals surface area contributed by atoms with Gasteiger partial charge in [-0.25, -0.2) is 13.1 Å². The molecule has 6 heteroatoms. The lowest BCUT2D eigenvalue weighted by Gasteiger charge is -2.07. The van der Waals surface area contributed by atoms with Gasteiger partial charge in [-0.1, -0.05) is 35.9 Å². The van der Waals surface area contributed by atoms with Crippen molar-refractivity contribution in [2.75, 3.05) is 13.1 Å². The standard InChI is InChI=1S/C15H20N2O3S/c1-3-4-5-6-15(18)16-11-12-17-21(19,20)14-9-7-13(2)8-10-14/h3-10,17H,11-12H2,1-2H3,(H,16,18). The summed E-state index contributed by atoms with van der Waals surface area (Å²) in [6.07, 6.45) is 6.54. The van der Waals surface area contributed by atoms with Crippen LogP contribution in [0.2, 0.25) is 0 Å². The molecule has 0 bridgehead atoms. The summed E-state index contributed by atoms with van der Waals surface area (Å²) in [4.78, 5) is 11.6. The van der Waals surface area contributed by atoms with Crippen molar-refractivity contribution in [2.45, 2.75) is 18.7 Å². The van der Waals surface area contributed by atoms with E-state index in [0.717, 1.165) is 5.56 Å². The minimum absolute atomic E-state index is 0.138. The lowest BCUT2D eigenvalue weighted by Crippen LogP contribution is -2.34. The Labute approximate surface area is 125 Å². The Morgan fingerprint density at radius 1 is 1.14 bits per heavy atom. The zero-order valence-electron chi connectivity index (χ0n) is 12.2. The van der Waals surface area contributed by atoms with E-state index in [1.807, 2.05) is 13.8 Å². The van der Waals surface area contributed by atoms with Crippen LogP contribution in [0.25, 0.3) is 0 Å². The molecule has 0 fully saturated rings. The molecule has 0 radical (unpaired) electrons. The molecule has 0 spiro atoms. The first kappa shape index (κ1) is 17.1. The summed E-state index contributed by atoms with van der Waals surface area (Å²) in [5, 5.41) is 2.59. The first-order valence-electron chi connectivity index (χ1n) is 6.59. The highest BCUT2D eigenvalue weighted by molar-refractivity contribution is 7.89. The van der Waals surface area contributed by atoms with Crippen LogP contribution in [-0.2, 0) is 14.8 Å². The average molecular weight is 308 g/mol. The molecule has 0 aromatic heterocycles. The van der Waals surface area contributed by atoms with E-state index < -0.39 is 10.0 Å². The van der Waals surface area contributed by atoms with E-state index >= 15 is 0 Å². The molecule has 5 nitrogen and oxygen atoms in total. The van der Waals surface area contributed by atoms with E-state index in [-0.39, 0.29) is 23.9 Å². The second-order valence-electron chi connectivity index (χ2n) is 4.39. The fourth-order valence-electron chi connectivity index (χ4n) is 1.48. The van der Waals surface area contributed by atoms with Gasteiger partial charge < -0.3 is 5.32 Å². The molecule has 0 heterocycles. The van der Waals surface area contributed by atoms with Crippen LogP contribution >= 0.6 is 0 Å². The summed E-state index contributed by atoms with van der Waals surface area (Å²) in [6, 6.07) is 6.58. The summed E-state index contributed by atoms with van der Waals surface area (Å²) >= 11 is 0. The van der Waals surface area contributed by atoms with Gasteiger partial charge >= 0.3 is 0 Å². The third-order valence-electron chi connectivity index (χ3n) is 2.60. The summed E-state index contributed by atoms with van der Waals surface area (Å²) in [7, 11) is -3.53. The monoisotopic (exact) mass is 308 g/mol. The number of benzene rings is 1. The number of carbonyl (C=O) groups excluding carboxylic acids is 1. The van der Waals surface area contributed by atoms with Gasteiger partial charge in [0, 0.05) is 19.2 Å². The van der Waals surface area contributed by atoms with Crippen molar-refractivity contribution in [3.05, 3.63) is 54.1 Å². The van der Waals surface area contributed by atoms with Crippen LogP contribution in [0, 0.1) is 6.92 Å². The van der Waals surface area contributed by atoms with Gasteiger partial charge in [0.05, 0.1) is 4.90 Å². The lowest BCUT2D eigenvalue weighted by atomic mass is 10.2. The zero-order chi connectivity index (χ0) is 15.7. The van der Waals surface area contributed by atoms with Gasteiger partial charge in [-0.3, -0.25) is 4.79 Å². The molecule has 0 atom stereocenters.